The molecule has 0 atom stereocenters. The first kappa shape index (κ1) is 18.0. The van der Waals surface area contributed by atoms with Gasteiger partial charge in [0.2, 0.25) is 0 Å². The quantitative estimate of drug-likeness (QED) is 0.614. The molecule has 26 heavy (non-hydrogen) atoms. The highest BCUT2D eigenvalue weighted by atomic mass is 32.1. The van der Waals surface area contributed by atoms with E-state index in [2.05, 4.69) is 10.2 Å². The van der Waals surface area contributed by atoms with Gasteiger partial charge < -0.3 is 10.4 Å². The molecule has 2 aromatic rings. The molecule has 0 radical (unpaired) electrons. The third-order valence-corrected chi connectivity index (χ3v) is 5.50. The summed E-state index contributed by atoms with van der Waals surface area (Å²) >= 11 is 1.28. The number of anilines is 1. The molecule has 0 fully saturated rings. The van der Waals surface area contributed by atoms with E-state index in [1.807, 2.05) is 6.92 Å². The van der Waals surface area contributed by atoms with Gasteiger partial charge in [-0.05, 0) is 30.7 Å². The topological polar surface area (TPSA) is 113 Å². The van der Waals surface area contributed by atoms with Crippen LogP contribution in [0.2, 0.25) is 0 Å². The van der Waals surface area contributed by atoms with Gasteiger partial charge in [0.05, 0.1) is 10.5 Å². The van der Waals surface area contributed by atoms with Crippen LogP contribution in [0.4, 0.5) is 10.7 Å². The number of non-ortho nitro benzene ring substituents is 1. The average Bonchev–Trinajstić information content (AvgIpc) is 2.98. The molecule has 0 bridgehead atoms. The van der Waals surface area contributed by atoms with Crippen molar-refractivity contribution in [3.05, 3.63) is 55.9 Å². The second kappa shape index (κ2) is 7.22. The summed E-state index contributed by atoms with van der Waals surface area (Å²) in [5, 5.41) is 23.2. The Hall–Kier alpha value is -2.78. The summed E-state index contributed by atoms with van der Waals surface area (Å²) in [6.07, 6.45) is 0.634. The van der Waals surface area contributed by atoms with Crippen molar-refractivity contribution in [2.24, 2.45) is 0 Å². The number of carbonyl (C=O) groups is 2. The van der Waals surface area contributed by atoms with E-state index in [0.29, 0.717) is 18.0 Å². The van der Waals surface area contributed by atoms with Crippen molar-refractivity contribution in [3.8, 4) is 0 Å². The smallest absolute Gasteiger partial charge is 0.339 e. The number of benzene rings is 1. The predicted molar refractivity (Wildman–Crippen MR) is 97.0 cm³/mol. The fraction of sp³-hybridized carbons (Fsp3) is 0.294. The van der Waals surface area contributed by atoms with E-state index in [9.17, 15) is 24.8 Å². The summed E-state index contributed by atoms with van der Waals surface area (Å²) in [5.74, 6) is -1.56. The van der Waals surface area contributed by atoms with Crippen LogP contribution in [0.3, 0.4) is 0 Å². The van der Waals surface area contributed by atoms with Crippen molar-refractivity contribution in [1.29, 1.82) is 0 Å². The second-order valence-electron chi connectivity index (χ2n) is 5.89. The summed E-state index contributed by atoms with van der Waals surface area (Å²) in [6.45, 7) is 4.39. The number of rotatable bonds is 5. The largest absolute Gasteiger partial charge is 0.478 e. The molecular weight excluding hydrogens is 358 g/mol. The maximum atomic E-state index is 12.4. The van der Waals surface area contributed by atoms with Crippen LogP contribution >= 0.6 is 11.3 Å². The summed E-state index contributed by atoms with van der Waals surface area (Å²) in [7, 11) is 0. The number of likely N-dealkylation sites (N-methyl/N-ethyl adjacent to an activating group) is 1. The fourth-order valence-corrected chi connectivity index (χ4v) is 4.23. The zero-order valence-corrected chi connectivity index (χ0v) is 14.8. The monoisotopic (exact) mass is 375 g/mol. The number of amides is 1. The predicted octanol–water partition coefficient (Wildman–Crippen LogP) is 2.98. The van der Waals surface area contributed by atoms with Crippen molar-refractivity contribution >= 4 is 33.9 Å². The van der Waals surface area contributed by atoms with Crippen LogP contribution in [0.25, 0.3) is 0 Å². The number of aromatic carboxylic acids is 1. The fourth-order valence-electron chi connectivity index (χ4n) is 2.95. The zero-order chi connectivity index (χ0) is 18.8. The Bertz CT molecular complexity index is 875. The van der Waals surface area contributed by atoms with Gasteiger partial charge in [0.15, 0.2) is 0 Å². The minimum absolute atomic E-state index is 0.112. The number of thiophene rings is 1. The molecule has 0 saturated carbocycles. The average molecular weight is 375 g/mol. The number of carboxylic acid groups (broad SMARTS) is 1. The molecular formula is C17H17N3O5S. The van der Waals surface area contributed by atoms with Gasteiger partial charge in [-0.15, -0.1) is 11.3 Å². The Morgan fingerprint density at radius 1 is 1.35 bits per heavy atom. The van der Waals surface area contributed by atoms with Crippen molar-refractivity contribution < 1.29 is 19.6 Å². The van der Waals surface area contributed by atoms with E-state index in [1.165, 1.54) is 35.6 Å². The molecule has 2 N–H and O–H groups in total. The molecule has 8 nitrogen and oxygen atoms in total. The highest BCUT2D eigenvalue weighted by Gasteiger charge is 2.28. The molecule has 1 aliphatic rings. The number of nitrogens with one attached hydrogen (secondary N) is 1. The van der Waals surface area contributed by atoms with Crippen molar-refractivity contribution in [2.75, 3.05) is 18.4 Å². The molecule has 0 spiro atoms. The molecule has 9 heteroatoms. The van der Waals surface area contributed by atoms with Gasteiger partial charge in [-0.1, -0.05) is 6.92 Å². The van der Waals surface area contributed by atoms with Gasteiger partial charge in [-0.3, -0.25) is 19.8 Å². The first-order chi connectivity index (χ1) is 12.4. The first-order valence-electron chi connectivity index (χ1n) is 8.06. The van der Waals surface area contributed by atoms with Gasteiger partial charge in [-0.25, -0.2) is 4.79 Å². The molecule has 1 amide bonds. The van der Waals surface area contributed by atoms with Crippen molar-refractivity contribution in [3.63, 3.8) is 0 Å². The molecule has 1 aromatic heterocycles. The van der Waals surface area contributed by atoms with E-state index >= 15 is 0 Å². The van der Waals surface area contributed by atoms with Crippen LogP contribution in [0.1, 0.15) is 38.1 Å². The molecule has 0 saturated heterocycles. The van der Waals surface area contributed by atoms with E-state index in [4.69, 9.17) is 0 Å². The lowest BCUT2D eigenvalue weighted by Crippen LogP contribution is -2.29. The number of nitro benzene ring substituents is 1. The van der Waals surface area contributed by atoms with Gasteiger partial charge in [-0.2, -0.15) is 0 Å². The Kier molecular flexibility index (Phi) is 5.01. The number of nitrogens with zero attached hydrogens (tertiary/aromatic N) is 2. The van der Waals surface area contributed by atoms with Crippen molar-refractivity contribution in [2.45, 2.75) is 19.9 Å². The van der Waals surface area contributed by atoms with Gasteiger partial charge in [0, 0.05) is 35.7 Å². The Morgan fingerprint density at radius 3 is 2.62 bits per heavy atom. The lowest BCUT2D eigenvalue weighted by molar-refractivity contribution is -0.384. The second-order valence-corrected chi connectivity index (χ2v) is 7.00. The normalized spacial score (nSPS) is 13.9. The summed E-state index contributed by atoms with van der Waals surface area (Å²) in [5.41, 5.74) is 1.05. The minimum atomic E-state index is -1.06. The number of fused-ring (bicyclic) bond motifs is 1. The molecule has 2 heterocycles. The Labute approximate surface area is 153 Å². The summed E-state index contributed by atoms with van der Waals surface area (Å²) < 4.78 is 0. The standard InChI is InChI=1S/C17H17N3O5S/c1-2-19-8-7-12-13(9-19)26-16(14(12)17(22)23)18-15(21)10-3-5-11(6-4-10)20(24)25/h3-6H,2,7-9H2,1H3,(H,18,21)(H,22,23). The van der Waals surface area contributed by atoms with Gasteiger partial charge >= 0.3 is 5.97 Å². The van der Waals surface area contributed by atoms with Crippen LogP contribution < -0.4 is 5.32 Å². The van der Waals surface area contributed by atoms with E-state index in [-0.39, 0.29) is 16.8 Å². The van der Waals surface area contributed by atoms with Crippen LogP contribution in [0, 0.1) is 10.1 Å². The highest BCUT2D eigenvalue weighted by molar-refractivity contribution is 7.17. The minimum Gasteiger partial charge on any atom is -0.478 e. The number of nitro groups is 1. The molecule has 1 aliphatic heterocycles. The molecule has 0 unspecified atom stereocenters. The van der Waals surface area contributed by atoms with Gasteiger partial charge in [0.25, 0.3) is 11.6 Å². The Balaban J connectivity index is 1.87. The summed E-state index contributed by atoms with van der Waals surface area (Å²) in [6, 6.07) is 5.18. The molecule has 3 rings (SSSR count). The lowest BCUT2D eigenvalue weighted by Gasteiger charge is -2.25. The molecule has 136 valence electrons. The Morgan fingerprint density at radius 2 is 2.04 bits per heavy atom. The van der Waals surface area contributed by atoms with Crippen LogP contribution in [0.15, 0.2) is 24.3 Å². The highest BCUT2D eigenvalue weighted by Crippen LogP contribution is 2.37. The number of hydrogen-bond donors (Lipinski definition) is 2. The third-order valence-electron chi connectivity index (χ3n) is 4.36. The lowest BCUT2D eigenvalue weighted by atomic mass is 10.0. The summed E-state index contributed by atoms with van der Waals surface area (Å²) in [4.78, 5) is 37.5. The van der Waals surface area contributed by atoms with Crippen LogP contribution in [-0.2, 0) is 13.0 Å². The van der Waals surface area contributed by atoms with E-state index < -0.39 is 16.8 Å². The number of hydrogen-bond acceptors (Lipinski definition) is 6. The third kappa shape index (κ3) is 3.44. The maximum Gasteiger partial charge on any atom is 0.339 e. The van der Waals surface area contributed by atoms with Crippen LogP contribution in [0.5, 0.6) is 0 Å². The van der Waals surface area contributed by atoms with E-state index in [1.54, 1.807) is 0 Å². The zero-order valence-electron chi connectivity index (χ0n) is 14.0. The van der Waals surface area contributed by atoms with Gasteiger partial charge in [0.1, 0.15) is 5.00 Å². The SMILES string of the molecule is CCN1CCc2c(sc(NC(=O)c3ccc([N+](=O)[O-])cc3)c2C(=O)O)C1. The van der Waals surface area contributed by atoms with Crippen molar-refractivity contribution in [1.82, 2.24) is 4.90 Å². The molecule has 0 aliphatic carbocycles. The number of carboxylic acids is 1. The molecule has 1 aromatic carbocycles. The van der Waals surface area contributed by atoms with E-state index in [0.717, 1.165) is 23.5 Å². The van der Waals surface area contributed by atoms with Crippen LogP contribution in [-0.4, -0.2) is 39.9 Å². The maximum absolute atomic E-state index is 12.4. The number of carbonyl (C=O) groups excluding carboxylic acids is 1. The first-order valence-corrected chi connectivity index (χ1v) is 8.88.